The largest absolute Gasteiger partial charge is 0.401 e. The van der Waals surface area contributed by atoms with Crippen LogP contribution in [0.2, 0.25) is 0 Å². The highest BCUT2D eigenvalue weighted by atomic mass is 16.5. The third-order valence-electron chi connectivity index (χ3n) is 7.81. The van der Waals surface area contributed by atoms with Gasteiger partial charge in [-0.25, -0.2) is 15.0 Å². The van der Waals surface area contributed by atoms with Crippen LogP contribution in [0.3, 0.4) is 0 Å². The van der Waals surface area contributed by atoms with Gasteiger partial charge in [-0.3, -0.25) is 15.1 Å². The summed E-state index contributed by atoms with van der Waals surface area (Å²) >= 11 is 0. The molecule has 0 spiro atoms. The summed E-state index contributed by atoms with van der Waals surface area (Å²) < 4.78 is 5.81. The summed E-state index contributed by atoms with van der Waals surface area (Å²) in [7, 11) is 0. The average molecular weight is 588 g/mol. The van der Waals surface area contributed by atoms with E-state index in [9.17, 15) is 4.79 Å². The molecule has 2 aromatic heterocycles. The number of carbonyl (C=O) groups is 1. The van der Waals surface area contributed by atoms with E-state index in [4.69, 9.17) is 26.6 Å². The van der Waals surface area contributed by atoms with Gasteiger partial charge >= 0.3 is 0 Å². The van der Waals surface area contributed by atoms with Crippen molar-refractivity contribution in [3.63, 3.8) is 0 Å². The Morgan fingerprint density at radius 1 is 1.16 bits per heavy atom. The summed E-state index contributed by atoms with van der Waals surface area (Å²) in [6.07, 6.45) is 5.46. The number of hydrogen-bond acceptors (Lipinski definition) is 12. The van der Waals surface area contributed by atoms with Crippen molar-refractivity contribution in [1.82, 2.24) is 30.2 Å². The summed E-state index contributed by atoms with van der Waals surface area (Å²) in [6.45, 7) is 12.9. The lowest BCUT2D eigenvalue weighted by molar-refractivity contribution is 0.0712. The van der Waals surface area contributed by atoms with Crippen molar-refractivity contribution >= 4 is 46.0 Å². The van der Waals surface area contributed by atoms with E-state index < -0.39 is 5.91 Å². The number of amides is 1. The number of ether oxygens (including phenoxy) is 1. The SMILES string of the molecule is Cc1ccc(C(=O)NC(=N)C=C(N)C(C)(C)C)cc1Nc1ncnc2c(N)nc(N3CCN(CC4CCCO4)CC3)nc12. The first-order chi connectivity index (χ1) is 20.5. The molecule has 0 radical (unpaired) electrons. The summed E-state index contributed by atoms with van der Waals surface area (Å²) in [4.78, 5) is 35.7. The van der Waals surface area contributed by atoms with Gasteiger partial charge in [-0.15, -0.1) is 0 Å². The Morgan fingerprint density at radius 3 is 2.63 bits per heavy atom. The molecule has 4 heterocycles. The highest BCUT2D eigenvalue weighted by Crippen LogP contribution is 2.29. The summed E-state index contributed by atoms with van der Waals surface area (Å²) in [5.41, 5.74) is 15.5. The predicted molar refractivity (Wildman–Crippen MR) is 169 cm³/mol. The van der Waals surface area contributed by atoms with E-state index in [1.807, 2.05) is 33.8 Å². The highest BCUT2D eigenvalue weighted by Gasteiger charge is 2.25. The lowest BCUT2D eigenvalue weighted by Gasteiger charge is -2.35. The number of hydrogen-bond donors (Lipinski definition) is 5. The van der Waals surface area contributed by atoms with Crippen molar-refractivity contribution in [1.29, 1.82) is 5.41 Å². The van der Waals surface area contributed by atoms with E-state index in [0.717, 1.165) is 57.7 Å². The third kappa shape index (κ3) is 7.17. The molecule has 43 heavy (non-hydrogen) atoms. The number of nitrogen functional groups attached to an aromatic ring is 1. The van der Waals surface area contributed by atoms with Gasteiger partial charge in [0.15, 0.2) is 11.6 Å². The topological polar surface area (TPSA) is 184 Å². The maximum Gasteiger partial charge on any atom is 0.256 e. The molecule has 13 nitrogen and oxygen atoms in total. The van der Waals surface area contributed by atoms with Crippen molar-refractivity contribution in [3.05, 3.63) is 47.4 Å². The van der Waals surface area contributed by atoms with Gasteiger partial charge in [0.2, 0.25) is 5.95 Å². The number of nitrogens with two attached hydrogens (primary N) is 2. The molecule has 2 saturated heterocycles. The van der Waals surface area contributed by atoms with Crippen LogP contribution in [0.25, 0.3) is 11.0 Å². The molecule has 13 heteroatoms. The lowest BCUT2D eigenvalue weighted by Crippen LogP contribution is -2.49. The number of allylic oxidation sites excluding steroid dienone is 1. The number of aromatic nitrogens is 4. The van der Waals surface area contributed by atoms with E-state index in [1.165, 1.54) is 12.4 Å². The molecule has 1 aromatic carbocycles. The number of rotatable bonds is 7. The quantitative estimate of drug-likeness (QED) is 0.202. The smallest absolute Gasteiger partial charge is 0.256 e. The van der Waals surface area contributed by atoms with Crippen LogP contribution in [-0.2, 0) is 4.74 Å². The Kier molecular flexibility index (Phi) is 8.74. The molecule has 1 unspecified atom stereocenters. The molecule has 0 bridgehead atoms. The van der Waals surface area contributed by atoms with E-state index in [0.29, 0.717) is 45.9 Å². The van der Waals surface area contributed by atoms with E-state index in [-0.39, 0.29) is 17.1 Å². The second-order valence-corrected chi connectivity index (χ2v) is 12.1. The fourth-order valence-corrected chi connectivity index (χ4v) is 5.03. The number of anilines is 4. The van der Waals surface area contributed by atoms with Crippen LogP contribution in [0, 0.1) is 17.7 Å². The van der Waals surface area contributed by atoms with Gasteiger partial charge in [0.1, 0.15) is 23.2 Å². The molecule has 0 aliphatic carbocycles. The third-order valence-corrected chi connectivity index (χ3v) is 7.81. The van der Waals surface area contributed by atoms with Gasteiger partial charge in [-0.1, -0.05) is 26.8 Å². The van der Waals surface area contributed by atoms with Gasteiger partial charge in [-0.2, -0.15) is 4.98 Å². The van der Waals surface area contributed by atoms with Crippen LogP contribution in [-0.4, -0.2) is 82.0 Å². The van der Waals surface area contributed by atoms with E-state index >= 15 is 0 Å². The molecule has 5 rings (SSSR count). The number of aryl methyl sites for hydroxylation is 1. The Morgan fingerprint density at radius 2 is 1.93 bits per heavy atom. The molecule has 1 amide bonds. The monoisotopic (exact) mass is 587 g/mol. The first-order valence-corrected chi connectivity index (χ1v) is 14.6. The van der Waals surface area contributed by atoms with Crippen LogP contribution in [0.15, 0.2) is 36.3 Å². The van der Waals surface area contributed by atoms with Crippen molar-refractivity contribution in [2.24, 2.45) is 11.1 Å². The molecule has 1 atom stereocenters. The van der Waals surface area contributed by atoms with Crippen LogP contribution < -0.4 is 27.0 Å². The van der Waals surface area contributed by atoms with Crippen LogP contribution >= 0.6 is 0 Å². The molecule has 228 valence electrons. The molecular formula is C30H41N11O2. The fraction of sp³-hybridized carbons (Fsp3) is 0.467. The zero-order valence-electron chi connectivity index (χ0n) is 25.3. The summed E-state index contributed by atoms with van der Waals surface area (Å²) in [5, 5.41) is 14.1. The minimum atomic E-state index is -0.425. The number of benzene rings is 1. The minimum Gasteiger partial charge on any atom is -0.401 e. The second kappa shape index (κ2) is 12.5. The Bertz CT molecular complexity index is 1540. The molecule has 2 aliphatic rings. The lowest BCUT2D eigenvalue weighted by atomic mass is 9.92. The molecule has 2 aliphatic heterocycles. The van der Waals surface area contributed by atoms with Crippen molar-refractivity contribution in [2.75, 3.05) is 55.3 Å². The number of amidine groups is 1. The predicted octanol–water partition coefficient (Wildman–Crippen LogP) is 2.95. The fourth-order valence-electron chi connectivity index (χ4n) is 5.03. The van der Waals surface area contributed by atoms with E-state index in [2.05, 4.69) is 35.4 Å². The minimum absolute atomic E-state index is 0.0817. The molecular weight excluding hydrogens is 546 g/mol. The van der Waals surface area contributed by atoms with Crippen molar-refractivity contribution < 1.29 is 9.53 Å². The standard InChI is InChI=1S/C30H41N11O2/c1-18-7-8-19(28(42)37-23(32)15-22(31)30(2,3)4)14-21(18)36-27-25-24(34-17-35-27)26(33)39-29(38-25)41-11-9-40(10-12-41)16-20-6-5-13-43-20/h7-8,14-15,17,20H,5-6,9-13,16,31H2,1-4H3,(H2,32,37,42)(H2,33,38,39)(H,34,35,36). The van der Waals surface area contributed by atoms with Crippen LogP contribution in [0.5, 0.6) is 0 Å². The number of fused-ring (bicyclic) bond motifs is 1. The summed E-state index contributed by atoms with van der Waals surface area (Å²) in [6, 6.07) is 5.24. The molecule has 2 fully saturated rings. The van der Waals surface area contributed by atoms with Gasteiger partial charge in [0.05, 0.1) is 6.10 Å². The van der Waals surface area contributed by atoms with Crippen molar-refractivity contribution in [2.45, 2.75) is 46.6 Å². The first-order valence-electron chi connectivity index (χ1n) is 14.6. The van der Waals surface area contributed by atoms with Crippen molar-refractivity contribution in [3.8, 4) is 0 Å². The maximum absolute atomic E-state index is 13.0. The zero-order valence-corrected chi connectivity index (χ0v) is 25.3. The maximum atomic E-state index is 13.0. The number of nitrogens with one attached hydrogen (secondary N) is 3. The van der Waals surface area contributed by atoms with Gasteiger partial charge in [-0.05, 0) is 43.5 Å². The number of piperazine rings is 1. The first kappa shape index (κ1) is 30.1. The van der Waals surface area contributed by atoms with Gasteiger partial charge < -0.3 is 31.7 Å². The Hall–Kier alpha value is -4.36. The Labute approximate surface area is 251 Å². The van der Waals surface area contributed by atoms with Crippen LogP contribution in [0.1, 0.15) is 49.5 Å². The highest BCUT2D eigenvalue weighted by molar-refractivity contribution is 6.09. The molecule has 7 N–H and O–H groups in total. The van der Waals surface area contributed by atoms with Gasteiger partial charge in [0, 0.05) is 61.7 Å². The van der Waals surface area contributed by atoms with Gasteiger partial charge in [0.25, 0.3) is 5.91 Å². The normalized spacial score (nSPS) is 18.2. The Balaban J connectivity index is 1.33. The zero-order chi connectivity index (χ0) is 30.7. The number of carbonyl (C=O) groups excluding carboxylic acids is 1. The average Bonchev–Trinajstić information content (AvgIpc) is 3.47. The molecule has 3 aromatic rings. The summed E-state index contributed by atoms with van der Waals surface area (Å²) in [5.74, 6) is 0.753. The molecule has 0 saturated carbocycles. The van der Waals surface area contributed by atoms with E-state index in [1.54, 1.807) is 12.1 Å². The van der Waals surface area contributed by atoms with Crippen LogP contribution in [0.4, 0.5) is 23.3 Å². The number of nitrogens with zero attached hydrogens (tertiary/aromatic N) is 6. The second-order valence-electron chi connectivity index (χ2n) is 12.1.